The molecular formula is C18H14BrF2N3S. The quantitative estimate of drug-likeness (QED) is 0.544. The zero-order valence-electron chi connectivity index (χ0n) is 13.1. The molecule has 0 N–H and O–H groups in total. The third-order valence-electron chi connectivity index (χ3n) is 4.20. The van der Waals surface area contributed by atoms with Gasteiger partial charge in [0, 0.05) is 27.8 Å². The van der Waals surface area contributed by atoms with E-state index < -0.39 is 12.2 Å². The van der Waals surface area contributed by atoms with Gasteiger partial charge >= 0.3 is 0 Å². The summed E-state index contributed by atoms with van der Waals surface area (Å²) >= 11 is 5.16. The minimum absolute atomic E-state index is 0.419. The van der Waals surface area contributed by atoms with Gasteiger partial charge < -0.3 is 4.90 Å². The first-order valence-corrected chi connectivity index (χ1v) is 9.52. The molecule has 1 aliphatic rings. The van der Waals surface area contributed by atoms with E-state index in [4.69, 9.17) is 0 Å². The number of anilines is 1. The van der Waals surface area contributed by atoms with Gasteiger partial charge in [-0.25, -0.2) is 18.7 Å². The Morgan fingerprint density at radius 2 is 2.08 bits per heavy atom. The molecule has 0 atom stereocenters. The molecular weight excluding hydrogens is 408 g/mol. The minimum atomic E-state index is -2.69. The molecule has 2 aromatic heterocycles. The van der Waals surface area contributed by atoms with E-state index >= 15 is 0 Å². The van der Waals surface area contributed by atoms with Gasteiger partial charge in [0.1, 0.15) is 5.82 Å². The summed E-state index contributed by atoms with van der Waals surface area (Å²) in [5.41, 5.74) is 1.84. The molecule has 0 amide bonds. The highest BCUT2D eigenvalue weighted by molar-refractivity contribution is 9.10. The number of alkyl halides is 2. The number of rotatable bonds is 3. The van der Waals surface area contributed by atoms with Gasteiger partial charge in [0.25, 0.3) is 6.43 Å². The van der Waals surface area contributed by atoms with Crippen LogP contribution in [0.5, 0.6) is 0 Å². The lowest BCUT2D eigenvalue weighted by atomic mass is 10.1. The molecule has 4 rings (SSSR count). The highest BCUT2D eigenvalue weighted by Crippen LogP contribution is 2.33. The summed E-state index contributed by atoms with van der Waals surface area (Å²) < 4.78 is 27.3. The van der Waals surface area contributed by atoms with E-state index in [1.807, 2.05) is 17.0 Å². The molecule has 1 aliphatic heterocycles. The van der Waals surface area contributed by atoms with Crippen molar-refractivity contribution in [2.45, 2.75) is 12.8 Å². The third-order valence-corrected chi connectivity index (χ3v) is 5.64. The Hall–Kier alpha value is -1.86. The number of halogens is 3. The first-order chi connectivity index (χ1) is 12.1. The molecule has 3 heterocycles. The lowest BCUT2D eigenvalue weighted by molar-refractivity contribution is 0.141. The van der Waals surface area contributed by atoms with Crippen LogP contribution in [0, 0.1) is 0 Å². The van der Waals surface area contributed by atoms with E-state index in [1.165, 1.54) is 10.5 Å². The molecule has 128 valence electrons. The van der Waals surface area contributed by atoms with Gasteiger partial charge in [-0.05, 0) is 41.6 Å². The number of hydrogen-bond acceptors (Lipinski definition) is 4. The van der Waals surface area contributed by atoms with Crippen LogP contribution in [0.2, 0.25) is 0 Å². The van der Waals surface area contributed by atoms with Crippen LogP contribution in [0.4, 0.5) is 14.6 Å². The number of benzene rings is 1. The smallest absolute Gasteiger partial charge is 0.297 e. The van der Waals surface area contributed by atoms with E-state index in [0.717, 1.165) is 22.8 Å². The van der Waals surface area contributed by atoms with Gasteiger partial charge in [-0.3, -0.25) is 0 Å². The van der Waals surface area contributed by atoms with Crippen molar-refractivity contribution in [3.05, 3.63) is 57.0 Å². The Morgan fingerprint density at radius 1 is 1.20 bits per heavy atom. The van der Waals surface area contributed by atoms with Gasteiger partial charge in [0.15, 0.2) is 5.82 Å². The van der Waals surface area contributed by atoms with Gasteiger partial charge in [0.2, 0.25) is 0 Å². The van der Waals surface area contributed by atoms with Crippen molar-refractivity contribution in [2.24, 2.45) is 0 Å². The number of thiophene rings is 1. The maximum atomic E-state index is 13.2. The molecule has 0 bridgehead atoms. The molecule has 25 heavy (non-hydrogen) atoms. The van der Waals surface area contributed by atoms with E-state index in [9.17, 15) is 8.78 Å². The molecule has 0 saturated heterocycles. The maximum Gasteiger partial charge on any atom is 0.297 e. The molecule has 0 saturated carbocycles. The lowest BCUT2D eigenvalue weighted by Gasteiger charge is -2.28. The Morgan fingerprint density at radius 3 is 2.76 bits per heavy atom. The van der Waals surface area contributed by atoms with Crippen LogP contribution in [0.3, 0.4) is 0 Å². The van der Waals surface area contributed by atoms with Crippen LogP contribution in [0.1, 0.15) is 23.5 Å². The van der Waals surface area contributed by atoms with Gasteiger partial charge in [-0.15, -0.1) is 11.3 Å². The second kappa shape index (κ2) is 6.80. The summed E-state index contributed by atoms with van der Waals surface area (Å²) in [6.45, 7) is 1.39. The lowest BCUT2D eigenvalue weighted by Crippen LogP contribution is -2.29. The first-order valence-electron chi connectivity index (χ1n) is 7.85. The van der Waals surface area contributed by atoms with Crippen LogP contribution in [0.25, 0.3) is 16.5 Å². The van der Waals surface area contributed by atoms with Crippen molar-refractivity contribution in [1.29, 1.82) is 0 Å². The van der Waals surface area contributed by atoms with Crippen molar-refractivity contribution in [2.75, 3.05) is 18.0 Å². The fourth-order valence-corrected chi connectivity index (χ4v) is 4.15. The SMILES string of the molecule is FC(F)c1nc(N2CC=C(c3cccs3)CC2)c2cc(Br)ccc2n1. The molecule has 0 unspecified atom stereocenters. The van der Waals surface area contributed by atoms with Crippen molar-refractivity contribution >= 4 is 49.6 Å². The highest BCUT2D eigenvalue weighted by atomic mass is 79.9. The van der Waals surface area contributed by atoms with Crippen LogP contribution >= 0.6 is 27.3 Å². The molecule has 1 aromatic carbocycles. The van der Waals surface area contributed by atoms with Crippen LogP contribution < -0.4 is 4.90 Å². The normalized spacial score (nSPS) is 15.0. The van der Waals surface area contributed by atoms with Crippen molar-refractivity contribution in [3.63, 3.8) is 0 Å². The fraction of sp³-hybridized carbons (Fsp3) is 0.222. The number of hydrogen-bond donors (Lipinski definition) is 0. The number of fused-ring (bicyclic) bond motifs is 1. The van der Waals surface area contributed by atoms with Gasteiger partial charge in [-0.2, -0.15) is 0 Å². The summed E-state index contributed by atoms with van der Waals surface area (Å²) in [4.78, 5) is 11.5. The number of nitrogens with zero attached hydrogens (tertiary/aromatic N) is 3. The van der Waals surface area contributed by atoms with Crippen LogP contribution in [-0.4, -0.2) is 23.1 Å². The van der Waals surface area contributed by atoms with E-state index in [-0.39, 0.29) is 0 Å². The molecule has 0 radical (unpaired) electrons. The molecule has 7 heteroatoms. The zero-order valence-corrected chi connectivity index (χ0v) is 15.5. The standard InChI is InChI=1S/C18H14BrF2N3S/c19-12-3-4-14-13(10-12)18(23-17(22-14)16(20)21)24-7-5-11(6-8-24)15-2-1-9-25-15/h1-5,9-10,16H,6-8H2. The highest BCUT2D eigenvalue weighted by Gasteiger charge is 2.21. The summed E-state index contributed by atoms with van der Waals surface area (Å²) in [7, 11) is 0. The van der Waals surface area contributed by atoms with E-state index in [0.29, 0.717) is 17.9 Å². The molecule has 3 nitrogen and oxygen atoms in total. The van der Waals surface area contributed by atoms with E-state index in [2.05, 4.69) is 43.4 Å². The summed E-state index contributed by atoms with van der Waals surface area (Å²) in [5.74, 6) is 0.154. The van der Waals surface area contributed by atoms with Crippen molar-refractivity contribution in [3.8, 4) is 0 Å². The zero-order chi connectivity index (χ0) is 17.4. The average Bonchev–Trinajstić information content (AvgIpc) is 3.15. The Bertz CT molecular complexity index is 941. The third kappa shape index (κ3) is 3.30. The monoisotopic (exact) mass is 421 g/mol. The minimum Gasteiger partial charge on any atom is -0.352 e. The summed E-state index contributed by atoms with van der Waals surface area (Å²) in [6, 6.07) is 9.58. The number of aromatic nitrogens is 2. The molecule has 3 aromatic rings. The largest absolute Gasteiger partial charge is 0.352 e. The van der Waals surface area contributed by atoms with Gasteiger partial charge in [0.05, 0.1) is 5.52 Å². The molecule has 0 spiro atoms. The average molecular weight is 422 g/mol. The summed E-state index contributed by atoms with van der Waals surface area (Å²) in [6.07, 6.45) is 0.335. The topological polar surface area (TPSA) is 29.0 Å². The predicted octanol–water partition coefficient (Wildman–Crippen LogP) is 5.69. The maximum absolute atomic E-state index is 13.2. The Kier molecular flexibility index (Phi) is 4.52. The predicted molar refractivity (Wildman–Crippen MR) is 101 cm³/mol. The molecule has 0 fully saturated rings. The molecule has 0 aliphatic carbocycles. The fourth-order valence-electron chi connectivity index (χ4n) is 2.99. The second-order valence-corrected chi connectivity index (χ2v) is 7.63. The Labute approximate surface area is 156 Å². The van der Waals surface area contributed by atoms with Crippen molar-refractivity contribution < 1.29 is 8.78 Å². The van der Waals surface area contributed by atoms with Crippen LogP contribution in [-0.2, 0) is 0 Å². The summed E-state index contributed by atoms with van der Waals surface area (Å²) in [5, 5.41) is 2.85. The van der Waals surface area contributed by atoms with E-state index in [1.54, 1.807) is 23.5 Å². The van der Waals surface area contributed by atoms with Crippen LogP contribution in [0.15, 0.2) is 46.3 Å². The van der Waals surface area contributed by atoms with Gasteiger partial charge in [-0.1, -0.05) is 28.1 Å². The second-order valence-electron chi connectivity index (χ2n) is 5.77. The first kappa shape index (κ1) is 16.6. The van der Waals surface area contributed by atoms with Crippen molar-refractivity contribution in [1.82, 2.24) is 9.97 Å². The Balaban J connectivity index is 1.74.